The lowest BCUT2D eigenvalue weighted by molar-refractivity contribution is -0.129. The average Bonchev–Trinajstić information content (AvgIpc) is 2.51. The number of nitrogens with one attached hydrogen (secondary N) is 1. The van der Waals surface area contributed by atoms with Gasteiger partial charge >= 0.3 is 0 Å². The zero-order valence-electron chi connectivity index (χ0n) is 13.8. The minimum Gasteiger partial charge on any atom is -0.356 e. The number of rotatable bonds is 10. The molecule has 4 nitrogen and oxygen atoms in total. The summed E-state index contributed by atoms with van der Waals surface area (Å²) in [5.41, 5.74) is 1.28. The van der Waals surface area contributed by atoms with E-state index in [0.717, 1.165) is 32.2 Å². The van der Waals surface area contributed by atoms with E-state index in [0.29, 0.717) is 19.5 Å². The predicted octanol–water partition coefficient (Wildman–Crippen LogP) is 2.77. The molecule has 4 heteroatoms. The average molecular weight is 304 g/mol. The third-order valence-electron chi connectivity index (χ3n) is 3.64. The second-order valence-corrected chi connectivity index (χ2v) is 5.55. The standard InChI is InChI=1S/C18H28N2O2/c1-3-4-13-19-18(22)12-15-20(16(2)21)14-8-11-17-9-6-5-7-10-17/h5-7,9-10H,3-4,8,11-15H2,1-2H3,(H,19,22). The number of carbonyl (C=O) groups excluding carboxylic acids is 2. The van der Waals surface area contributed by atoms with Crippen molar-refractivity contribution in [1.29, 1.82) is 0 Å². The summed E-state index contributed by atoms with van der Waals surface area (Å²) in [5.74, 6) is 0.0668. The zero-order valence-corrected chi connectivity index (χ0v) is 13.8. The third-order valence-corrected chi connectivity index (χ3v) is 3.64. The van der Waals surface area contributed by atoms with Crippen LogP contribution in [0.1, 0.15) is 45.1 Å². The summed E-state index contributed by atoms with van der Waals surface area (Å²) in [6.07, 6.45) is 4.32. The first-order chi connectivity index (χ1) is 10.6. The molecule has 1 aromatic rings. The Balaban J connectivity index is 2.27. The number of hydrogen-bond donors (Lipinski definition) is 1. The highest BCUT2D eigenvalue weighted by Crippen LogP contribution is 2.04. The summed E-state index contributed by atoms with van der Waals surface area (Å²) in [5, 5.41) is 2.88. The summed E-state index contributed by atoms with van der Waals surface area (Å²) in [7, 11) is 0. The van der Waals surface area contributed by atoms with Gasteiger partial charge < -0.3 is 10.2 Å². The maximum absolute atomic E-state index is 11.7. The second kappa shape index (κ2) is 10.8. The lowest BCUT2D eigenvalue weighted by Gasteiger charge is -2.20. The number of benzene rings is 1. The van der Waals surface area contributed by atoms with Gasteiger partial charge in [0, 0.05) is 33.0 Å². The van der Waals surface area contributed by atoms with E-state index < -0.39 is 0 Å². The summed E-state index contributed by atoms with van der Waals surface area (Å²) in [6.45, 7) is 5.59. The van der Waals surface area contributed by atoms with Crippen LogP contribution in [0.4, 0.5) is 0 Å². The molecule has 1 rings (SSSR count). The fraction of sp³-hybridized carbons (Fsp3) is 0.556. The quantitative estimate of drug-likeness (QED) is 0.676. The molecule has 0 atom stereocenters. The maximum Gasteiger partial charge on any atom is 0.221 e. The largest absolute Gasteiger partial charge is 0.356 e. The van der Waals surface area contributed by atoms with E-state index in [1.807, 2.05) is 18.2 Å². The van der Waals surface area contributed by atoms with Gasteiger partial charge in [-0.1, -0.05) is 43.7 Å². The molecule has 0 aliphatic heterocycles. The summed E-state index contributed by atoms with van der Waals surface area (Å²) in [6, 6.07) is 10.2. The van der Waals surface area contributed by atoms with Crippen molar-refractivity contribution in [3.05, 3.63) is 35.9 Å². The first-order valence-corrected chi connectivity index (χ1v) is 8.19. The molecule has 22 heavy (non-hydrogen) atoms. The molecule has 0 spiro atoms. The maximum atomic E-state index is 11.7. The minimum atomic E-state index is 0.0303. The number of unbranched alkanes of at least 4 members (excludes halogenated alkanes) is 1. The Kier molecular flexibility index (Phi) is 8.96. The van der Waals surface area contributed by atoms with E-state index in [2.05, 4.69) is 24.4 Å². The van der Waals surface area contributed by atoms with Crippen LogP contribution < -0.4 is 5.32 Å². The van der Waals surface area contributed by atoms with Gasteiger partial charge in [0.15, 0.2) is 0 Å². The van der Waals surface area contributed by atoms with Crippen LogP contribution in [0.15, 0.2) is 30.3 Å². The van der Waals surface area contributed by atoms with Crippen molar-refractivity contribution in [2.75, 3.05) is 19.6 Å². The Bertz CT molecular complexity index is 446. The smallest absolute Gasteiger partial charge is 0.221 e. The van der Waals surface area contributed by atoms with Gasteiger partial charge in [-0.15, -0.1) is 0 Å². The van der Waals surface area contributed by atoms with Crippen molar-refractivity contribution in [2.24, 2.45) is 0 Å². The predicted molar refractivity (Wildman–Crippen MR) is 89.6 cm³/mol. The highest BCUT2D eigenvalue weighted by molar-refractivity contribution is 5.77. The van der Waals surface area contributed by atoms with Crippen molar-refractivity contribution in [1.82, 2.24) is 10.2 Å². The molecule has 0 bridgehead atoms. The lowest BCUT2D eigenvalue weighted by atomic mass is 10.1. The van der Waals surface area contributed by atoms with Gasteiger partial charge in [-0.2, -0.15) is 0 Å². The van der Waals surface area contributed by atoms with Crippen molar-refractivity contribution in [2.45, 2.75) is 46.0 Å². The molecule has 0 saturated heterocycles. The molecule has 0 radical (unpaired) electrons. The number of amides is 2. The van der Waals surface area contributed by atoms with Gasteiger partial charge in [0.1, 0.15) is 0 Å². The van der Waals surface area contributed by atoms with E-state index >= 15 is 0 Å². The van der Waals surface area contributed by atoms with Gasteiger partial charge in [-0.3, -0.25) is 9.59 Å². The molecule has 0 aromatic heterocycles. The Hall–Kier alpha value is -1.84. The molecule has 0 saturated carbocycles. The van der Waals surface area contributed by atoms with Crippen molar-refractivity contribution in [3.63, 3.8) is 0 Å². The Morgan fingerprint density at radius 3 is 2.45 bits per heavy atom. The third kappa shape index (κ3) is 7.81. The second-order valence-electron chi connectivity index (χ2n) is 5.55. The van der Waals surface area contributed by atoms with Gasteiger partial charge in [0.05, 0.1) is 0 Å². The van der Waals surface area contributed by atoms with Gasteiger partial charge in [-0.05, 0) is 24.8 Å². The van der Waals surface area contributed by atoms with E-state index in [1.54, 1.807) is 11.8 Å². The minimum absolute atomic E-state index is 0.0303. The van der Waals surface area contributed by atoms with Crippen LogP contribution >= 0.6 is 0 Å². The summed E-state index contributed by atoms with van der Waals surface area (Å²) >= 11 is 0. The number of carbonyl (C=O) groups is 2. The van der Waals surface area contributed by atoms with Crippen LogP contribution in [-0.2, 0) is 16.0 Å². The summed E-state index contributed by atoms with van der Waals surface area (Å²) < 4.78 is 0. The molecule has 1 N–H and O–H groups in total. The van der Waals surface area contributed by atoms with E-state index in [9.17, 15) is 9.59 Å². The highest BCUT2D eigenvalue weighted by Gasteiger charge is 2.10. The SMILES string of the molecule is CCCCNC(=O)CCN(CCCc1ccccc1)C(C)=O. The van der Waals surface area contributed by atoms with Gasteiger partial charge in [0.25, 0.3) is 0 Å². The van der Waals surface area contributed by atoms with Crippen LogP contribution in [-0.4, -0.2) is 36.3 Å². The number of hydrogen-bond acceptors (Lipinski definition) is 2. The Morgan fingerprint density at radius 2 is 1.82 bits per heavy atom. The molecule has 0 aliphatic carbocycles. The molecule has 0 heterocycles. The monoisotopic (exact) mass is 304 g/mol. The molecule has 122 valence electrons. The molecular formula is C18H28N2O2. The van der Waals surface area contributed by atoms with Gasteiger partial charge in [0.2, 0.25) is 11.8 Å². The molecule has 0 unspecified atom stereocenters. The Labute approximate surface area is 133 Å². The highest BCUT2D eigenvalue weighted by atomic mass is 16.2. The molecule has 2 amide bonds. The molecular weight excluding hydrogens is 276 g/mol. The molecule has 0 aliphatic rings. The van der Waals surface area contributed by atoms with Crippen molar-refractivity contribution >= 4 is 11.8 Å². The first-order valence-electron chi connectivity index (χ1n) is 8.19. The summed E-state index contributed by atoms with van der Waals surface area (Å²) in [4.78, 5) is 25.1. The van der Waals surface area contributed by atoms with E-state index in [1.165, 1.54) is 5.56 Å². The van der Waals surface area contributed by atoms with E-state index in [-0.39, 0.29) is 11.8 Å². The topological polar surface area (TPSA) is 49.4 Å². The number of aryl methyl sites for hydroxylation is 1. The number of nitrogens with zero attached hydrogens (tertiary/aromatic N) is 1. The molecule has 1 aromatic carbocycles. The van der Waals surface area contributed by atoms with Crippen LogP contribution in [0.2, 0.25) is 0 Å². The van der Waals surface area contributed by atoms with Crippen molar-refractivity contribution in [3.8, 4) is 0 Å². The van der Waals surface area contributed by atoms with Crippen LogP contribution in [0, 0.1) is 0 Å². The lowest BCUT2D eigenvalue weighted by Crippen LogP contribution is -2.35. The molecule has 0 fully saturated rings. The van der Waals surface area contributed by atoms with Gasteiger partial charge in [-0.25, -0.2) is 0 Å². The van der Waals surface area contributed by atoms with Crippen LogP contribution in [0.3, 0.4) is 0 Å². The fourth-order valence-corrected chi connectivity index (χ4v) is 2.27. The van der Waals surface area contributed by atoms with E-state index in [4.69, 9.17) is 0 Å². The Morgan fingerprint density at radius 1 is 1.09 bits per heavy atom. The zero-order chi connectivity index (χ0) is 16.2. The normalized spacial score (nSPS) is 10.3. The van der Waals surface area contributed by atoms with Crippen molar-refractivity contribution < 1.29 is 9.59 Å². The first kappa shape index (κ1) is 18.2. The fourth-order valence-electron chi connectivity index (χ4n) is 2.27. The van der Waals surface area contributed by atoms with Crippen LogP contribution in [0.5, 0.6) is 0 Å². The van der Waals surface area contributed by atoms with Crippen LogP contribution in [0.25, 0.3) is 0 Å².